The van der Waals surface area contributed by atoms with Gasteiger partial charge in [-0.3, -0.25) is 13.3 Å². The molecule has 149 valence electrons. The Morgan fingerprint density at radius 3 is 2.82 bits per heavy atom. The number of ether oxygens (including phenoxy) is 1. The van der Waals surface area contributed by atoms with Crippen molar-refractivity contribution in [1.29, 1.82) is 0 Å². The average molecular weight is 524 g/mol. The zero-order valence-electron chi connectivity index (χ0n) is 13.9. The molecule has 3 heterocycles. The number of carbonyl (C=O) groups excluding carboxylic acids is 1. The van der Waals surface area contributed by atoms with Gasteiger partial charge >= 0.3 is 10.3 Å². The third-order valence-electron chi connectivity index (χ3n) is 3.81. The van der Waals surface area contributed by atoms with Crippen LogP contribution in [-0.2, 0) is 65.8 Å². The molecule has 0 bridgehead atoms. The molecule has 2 aromatic rings. The Bertz CT molecular complexity index is 962. The standard InChI is InChI=1S/C11H13N6O7P2S.Y/c12-9-6-10(14-2-13-9)17(3-15-6)11-7(24-25)8(26-19)5(23-11)1-22-27(20,21)16-4-18;/h2-3,5,7-8,11H,1,25H2,(H,16,18)(H2,12,13,14);/q-1;/t5-,7-,8-,11-;/m1./s1. The summed E-state index contributed by atoms with van der Waals surface area (Å²) in [7, 11) is -2.66. The van der Waals surface area contributed by atoms with Crippen LogP contribution in [0.5, 0.6) is 0 Å². The predicted molar refractivity (Wildman–Crippen MR) is 93.3 cm³/mol. The summed E-state index contributed by atoms with van der Waals surface area (Å²) in [5, 5.41) is 0. The van der Waals surface area contributed by atoms with Crippen LogP contribution in [0, 0.1) is 0 Å². The van der Waals surface area contributed by atoms with Gasteiger partial charge in [0.25, 0.3) is 0 Å². The van der Waals surface area contributed by atoms with Gasteiger partial charge in [-0.25, -0.2) is 15.0 Å². The topological polar surface area (TPSA) is 178 Å². The van der Waals surface area contributed by atoms with Crippen molar-refractivity contribution < 1.29 is 63.9 Å². The molecule has 3 N–H and O–H groups in total. The summed E-state index contributed by atoms with van der Waals surface area (Å²) in [6, 6.07) is 0. The molecule has 1 radical (unpaired) electrons. The van der Waals surface area contributed by atoms with Gasteiger partial charge in [0.15, 0.2) is 26.2 Å². The Balaban J connectivity index is 0.00000280. The first-order valence-corrected chi connectivity index (χ1v) is 9.97. The molecule has 17 heteroatoms. The van der Waals surface area contributed by atoms with Crippen LogP contribution in [0.25, 0.3) is 11.2 Å². The maximum Gasteiger partial charge on any atom is 0.331 e. The number of imidazole rings is 1. The number of anilines is 1. The third kappa shape index (κ3) is 4.71. The maximum absolute atomic E-state index is 11.6. The number of aromatic nitrogens is 4. The van der Waals surface area contributed by atoms with Crippen molar-refractivity contribution in [2.45, 2.75) is 24.1 Å². The second-order valence-corrected chi connectivity index (χ2v) is 7.71. The minimum atomic E-state index is -4.35. The van der Waals surface area contributed by atoms with Gasteiger partial charge in [-0.15, -0.1) is 6.41 Å². The minimum Gasteiger partial charge on any atom is -0.519 e. The second kappa shape index (κ2) is 9.86. The fraction of sp³-hybridized carbons (Fsp3) is 0.455. The minimum absolute atomic E-state index is 0. The van der Waals surface area contributed by atoms with Crippen molar-refractivity contribution in [3.8, 4) is 0 Å². The number of amides is 1. The molecular weight excluding hydrogens is 511 g/mol. The number of hydrogen-bond acceptors (Lipinski definition) is 11. The molecule has 0 aromatic carbocycles. The van der Waals surface area contributed by atoms with Gasteiger partial charge in [0.2, 0.25) is 0 Å². The first-order valence-electron chi connectivity index (χ1n) is 7.21. The van der Waals surface area contributed by atoms with E-state index in [1.807, 2.05) is 9.47 Å². The number of nitrogen functional groups attached to an aromatic ring is 1. The molecule has 3 rings (SSSR count). The van der Waals surface area contributed by atoms with E-state index in [1.165, 1.54) is 21.9 Å². The van der Waals surface area contributed by atoms with Gasteiger partial charge < -0.3 is 24.5 Å². The van der Waals surface area contributed by atoms with E-state index in [4.69, 9.17) is 15.0 Å². The van der Waals surface area contributed by atoms with Crippen LogP contribution in [0.15, 0.2) is 12.7 Å². The van der Waals surface area contributed by atoms with E-state index in [2.05, 4.69) is 19.1 Å². The molecule has 5 atom stereocenters. The Morgan fingerprint density at radius 2 is 2.18 bits per heavy atom. The van der Waals surface area contributed by atoms with Crippen molar-refractivity contribution >= 4 is 51.6 Å². The van der Waals surface area contributed by atoms with E-state index in [1.54, 1.807) is 0 Å². The molecular formula is C11H13N6O7P2SY-. The summed E-state index contributed by atoms with van der Waals surface area (Å²) < 4.78 is 53.2. The maximum atomic E-state index is 11.6. The normalized spacial score (nSPS) is 24.9. The number of nitrogens with one attached hydrogen (secondary N) is 1. The summed E-state index contributed by atoms with van der Waals surface area (Å²) >= 11 is 0. The van der Waals surface area contributed by atoms with E-state index in [9.17, 15) is 17.8 Å². The van der Waals surface area contributed by atoms with Gasteiger partial charge in [-0.1, -0.05) is 0 Å². The summed E-state index contributed by atoms with van der Waals surface area (Å²) in [5.41, 5.74) is 5.68. The van der Waals surface area contributed by atoms with Crippen LogP contribution in [0.2, 0.25) is 0 Å². The smallest absolute Gasteiger partial charge is 0.331 e. The number of nitrogens with two attached hydrogens (primary N) is 1. The molecule has 0 spiro atoms. The summed E-state index contributed by atoms with van der Waals surface area (Å²) in [6.45, 7) is -0.512. The fourth-order valence-electron chi connectivity index (χ4n) is 2.65. The van der Waals surface area contributed by atoms with E-state index in [0.29, 0.717) is 11.2 Å². The monoisotopic (exact) mass is 524 g/mol. The molecule has 1 saturated heterocycles. The van der Waals surface area contributed by atoms with Gasteiger partial charge in [0, 0.05) is 42.2 Å². The zero-order valence-corrected chi connectivity index (χ0v) is 19.6. The van der Waals surface area contributed by atoms with Gasteiger partial charge in [0.05, 0.1) is 18.6 Å². The number of rotatable bonds is 8. The quantitative estimate of drug-likeness (QED) is 0.247. The molecule has 1 aliphatic rings. The van der Waals surface area contributed by atoms with Crippen molar-refractivity contribution in [2.75, 3.05) is 12.3 Å². The molecule has 1 unspecified atom stereocenters. The van der Waals surface area contributed by atoms with Crippen LogP contribution >= 0.6 is 17.9 Å². The Hall–Kier alpha value is -0.716. The third-order valence-corrected chi connectivity index (χ3v) is 5.77. The van der Waals surface area contributed by atoms with Crippen LogP contribution < -0.4 is 10.5 Å². The fourth-order valence-corrected chi connectivity index (χ4v) is 4.19. The molecule has 0 saturated carbocycles. The van der Waals surface area contributed by atoms with E-state index >= 15 is 0 Å². The number of fused-ring (bicyclic) bond motifs is 1. The molecule has 0 aliphatic carbocycles. The van der Waals surface area contributed by atoms with E-state index in [-0.39, 0.29) is 47.0 Å². The van der Waals surface area contributed by atoms with Crippen LogP contribution in [0.1, 0.15) is 6.23 Å². The Morgan fingerprint density at radius 1 is 1.43 bits per heavy atom. The van der Waals surface area contributed by atoms with Gasteiger partial charge in [0.1, 0.15) is 24.1 Å². The summed E-state index contributed by atoms with van der Waals surface area (Å²) in [5.74, 6) is 0.167. The summed E-state index contributed by atoms with van der Waals surface area (Å²) in [6.07, 6.45) is 1.08. The molecule has 1 aliphatic heterocycles. The molecule has 1 amide bonds. The average Bonchev–Trinajstić information content (AvgIpc) is 3.21. The second-order valence-electron chi connectivity index (χ2n) is 5.29. The first kappa shape index (κ1) is 23.6. The Labute approximate surface area is 188 Å². The van der Waals surface area contributed by atoms with Crippen LogP contribution in [0.4, 0.5) is 5.82 Å². The molecule has 1 fully saturated rings. The van der Waals surface area contributed by atoms with Gasteiger partial charge in [-0.05, 0) is 0 Å². The van der Waals surface area contributed by atoms with Crippen molar-refractivity contribution in [3.05, 3.63) is 12.7 Å². The summed E-state index contributed by atoms with van der Waals surface area (Å²) in [4.78, 5) is 22.2. The van der Waals surface area contributed by atoms with Crippen molar-refractivity contribution in [1.82, 2.24) is 24.2 Å². The van der Waals surface area contributed by atoms with E-state index < -0.39 is 41.0 Å². The molecule has 13 nitrogen and oxygen atoms in total. The van der Waals surface area contributed by atoms with Gasteiger partial charge in [-0.2, -0.15) is 8.42 Å². The number of nitrogens with zero attached hydrogens (tertiary/aromatic N) is 4. The van der Waals surface area contributed by atoms with Crippen LogP contribution in [0.3, 0.4) is 0 Å². The molecule has 28 heavy (non-hydrogen) atoms. The number of hydrogen-bond donors (Lipinski definition) is 2. The Kier molecular flexibility index (Phi) is 8.30. The SMILES string of the molecule is Nc1ncnc2c1ncn2[C@@H]1O[C@H](COS(=O)(=O)N[C-]=O)[C@@H](P=O)[C@H]1OP.[Y]. The van der Waals surface area contributed by atoms with Crippen molar-refractivity contribution in [3.63, 3.8) is 0 Å². The predicted octanol–water partition coefficient (Wildman–Crippen LogP) is -0.943. The molecule has 2 aromatic heterocycles. The van der Waals surface area contributed by atoms with Crippen molar-refractivity contribution in [2.24, 2.45) is 0 Å². The van der Waals surface area contributed by atoms with Crippen LogP contribution in [-0.4, -0.2) is 58.8 Å². The van der Waals surface area contributed by atoms with E-state index in [0.717, 1.165) is 6.41 Å². The zero-order chi connectivity index (χ0) is 19.6. The first-order chi connectivity index (χ1) is 12.9. The largest absolute Gasteiger partial charge is 0.519 e.